The summed E-state index contributed by atoms with van der Waals surface area (Å²) in [5.41, 5.74) is 9.44. The number of halogens is 2. The fourth-order valence-corrected chi connectivity index (χ4v) is 4.88. The lowest BCUT2D eigenvalue weighted by atomic mass is 10.1. The number of nitrogens with one attached hydrogen (secondary N) is 1. The van der Waals surface area contributed by atoms with Crippen molar-refractivity contribution in [3.63, 3.8) is 0 Å². The van der Waals surface area contributed by atoms with E-state index < -0.39 is 0 Å². The largest absolute Gasteiger partial charge is 0.483 e. The maximum atomic E-state index is 6.33. The molecule has 1 aromatic carbocycles. The lowest BCUT2D eigenvalue weighted by Gasteiger charge is -2.22. The number of hydrogen-bond acceptors (Lipinski definition) is 6. The molecule has 0 saturated carbocycles. The number of nitrogens with zero attached hydrogens (tertiary/aromatic N) is 3. The van der Waals surface area contributed by atoms with E-state index >= 15 is 0 Å². The molecular weight excluding hydrogens is 461 g/mol. The summed E-state index contributed by atoms with van der Waals surface area (Å²) >= 11 is 12.7. The molecule has 33 heavy (non-hydrogen) atoms. The number of furan rings is 1. The third kappa shape index (κ3) is 4.40. The summed E-state index contributed by atoms with van der Waals surface area (Å²) in [5, 5.41) is 10.0. The molecule has 3 aromatic heterocycles. The lowest BCUT2D eigenvalue weighted by Crippen LogP contribution is -2.29. The van der Waals surface area contributed by atoms with Crippen LogP contribution in [0.15, 0.2) is 47.5 Å². The SMILES string of the molecule is CC(Cc1c(Cl)cccc1Cl)Oc1c(N)ncc2c(-c3cnn(C4CCNCC4)c3)coc12. The second-order valence-corrected chi connectivity index (χ2v) is 9.20. The first-order chi connectivity index (χ1) is 16.0. The summed E-state index contributed by atoms with van der Waals surface area (Å²) < 4.78 is 14.2. The summed E-state index contributed by atoms with van der Waals surface area (Å²) in [6.45, 7) is 3.96. The van der Waals surface area contributed by atoms with Crippen LogP contribution in [0.1, 0.15) is 31.4 Å². The van der Waals surface area contributed by atoms with Gasteiger partial charge in [0.25, 0.3) is 0 Å². The van der Waals surface area contributed by atoms with Crippen molar-refractivity contribution in [1.29, 1.82) is 0 Å². The number of nitrogens with two attached hydrogens (primary N) is 1. The summed E-state index contributed by atoms with van der Waals surface area (Å²) in [5.74, 6) is 0.686. The van der Waals surface area contributed by atoms with Crippen LogP contribution in [0, 0.1) is 0 Å². The Balaban J connectivity index is 1.42. The number of piperidine rings is 1. The average Bonchev–Trinajstić information content (AvgIpc) is 3.46. The molecule has 1 atom stereocenters. The molecule has 0 spiro atoms. The van der Waals surface area contributed by atoms with Crippen LogP contribution in [0.4, 0.5) is 5.82 Å². The van der Waals surface area contributed by atoms with Crippen molar-refractivity contribution in [3.05, 3.63) is 58.7 Å². The molecule has 1 unspecified atom stereocenters. The van der Waals surface area contributed by atoms with Gasteiger partial charge in [0.1, 0.15) is 12.4 Å². The Labute approximate surface area is 201 Å². The smallest absolute Gasteiger partial charge is 0.205 e. The van der Waals surface area contributed by atoms with Crippen LogP contribution < -0.4 is 15.8 Å². The van der Waals surface area contributed by atoms with Gasteiger partial charge in [-0.1, -0.05) is 29.3 Å². The predicted molar refractivity (Wildman–Crippen MR) is 131 cm³/mol. The Kier molecular flexibility index (Phi) is 6.19. The average molecular weight is 486 g/mol. The van der Waals surface area contributed by atoms with Crippen molar-refractivity contribution in [2.75, 3.05) is 18.8 Å². The maximum absolute atomic E-state index is 6.33. The van der Waals surface area contributed by atoms with Gasteiger partial charge in [-0.15, -0.1) is 0 Å². The van der Waals surface area contributed by atoms with Crippen LogP contribution in [0.3, 0.4) is 0 Å². The van der Waals surface area contributed by atoms with Crippen molar-refractivity contribution >= 4 is 40.0 Å². The number of anilines is 1. The van der Waals surface area contributed by atoms with Gasteiger partial charge >= 0.3 is 0 Å². The van der Waals surface area contributed by atoms with Gasteiger partial charge in [-0.3, -0.25) is 4.68 Å². The van der Waals surface area contributed by atoms with E-state index in [1.807, 2.05) is 36.0 Å². The molecule has 1 aliphatic heterocycles. The molecule has 4 heterocycles. The topological polar surface area (TPSA) is 91.1 Å². The molecule has 7 nitrogen and oxygen atoms in total. The molecule has 1 aliphatic rings. The van der Waals surface area contributed by atoms with Gasteiger partial charge in [0.05, 0.1) is 17.6 Å². The highest BCUT2D eigenvalue weighted by atomic mass is 35.5. The molecule has 0 radical (unpaired) electrons. The van der Waals surface area contributed by atoms with E-state index in [4.69, 9.17) is 38.1 Å². The zero-order valence-corrected chi connectivity index (χ0v) is 19.7. The number of nitrogen functional groups attached to an aromatic ring is 1. The Bertz CT molecular complexity index is 1260. The Morgan fingerprint density at radius 3 is 2.76 bits per heavy atom. The predicted octanol–water partition coefficient (Wildman–Crippen LogP) is 5.51. The molecule has 1 saturated heterocycles. The van der Waals surface area contributed by atoms with Crippen LogP contribution in [0.5, 0.6) is 5.75 Å². The first-order valence-corrected chi connectivity index (χ1v) is 11.8. The quantitative estimate of drug-likeness (QED) is 0.373. The van der Waals surface area contributed by atoms with E-state index in [1.165, 1.54) is 0 Å². The van der Waals surface area contributed by atoms with Gasteiger partial charge in [-0.2, -0.15) is 5.10 Å². The molecule has 172 valence electrons. The minimum atomic E-state index is -0.256. The van der Waals surface area contributed by atoms with Crippen molar-refractivity contribution in [2.24, 2.45) is 0 Å². The van der Waals surface area contributed by atoms with Gasteiger partial charge in [0.2, 0.25) is 5.75 Å². The lowest BCUT2D eigenvalue weighted by molar-refractivity contribution is 0.223. The molecule has 9 heteroatoms. The number of pyridine rings is 1. The van der Waals surface area contributed by atoms with E-state index in [0.29, 0.717) is 33.8 Å². The second kappa shape index (κ2) is 9.25. The molecule has 3 N–H and O–H groups in total. The van der Waals surface area contributed by atoms with Crippen LogP contribution in [0.25, 0.3) is 22.1 Å². The second-order valence-electron chi connectivity index (χ2n) is 8.39. The molecule has 1 fully saturated rings. The summed E-state index contributed by atoms with van der Waals surface area (Å²) in [7, 11) is 0. The molecule has 0 amide bonds. The number of rotatable bonds is 6. The number of ether oxygens (including phenoxy) is 1. The van der Waals surface area contributed by atoms with Crippen LogP contribution >= 0.6 is 23.2 Å². The highest BCUT2D eigenvalue weighted by Gasteiger charge is 2.21. The van der Waals surface area contributed by atoms with Crippen molar-refractivity contribution in [3.8, 4) is 16.9 Å². The van der Waals surface area contributed by atoms with E-state index in [9.17, 15) is 0 Å². The van der Waals surface area contributed by atoms with Crippen LogP contribution in [-0.4, -0.2) is 34.0 Å². The normalized spacial score (nSPS) is 15.7. The van der Waals surface area contributed by atoms with Crippen molar-refractivity contribution in [1.82, 2.24) is 20.1 Å². The fraction of sp³-hybridized carbons (Fsp3) is 0.333. The van der Waals surface area contributed by atoms with Crippen LogP contribution in [-0.2, 0) is 6.42 Å². The maximum Gasteiger partial charge on any atom is 0.205 e. The number of hydrogen-bond donors (Lipinski definition) is 2. The monoisotopic (exact) mass is 485 g/mol. The van der Waals surface area contributed by atoms with Gasteiger partial charge in [-0.25, -0.2) is 4.98 Å². The van der Waals surface area contributed by atoms with E-state index in [-0.39, 0.29) is 11.9 Å². The van der Waals surface area contributed by atoms with Crippen LogP contribution in [0.2, 0.25) is 10.0 Å². The van der Waals surface area contributed by atoms with Gasteiger partial charge in [0, 0.05) is 40.0 Å². The zero-order valence-electron chi connectivity index (χ0n) is 18.2. The Morgan fingerprint density at radius 1 is 1.24 bits per heavy atom. The van der Waals surface area contributed by atoms with Gasteiger partial charge in [0.15, 0.2) is 11.4 Å². The van der Waals surface area contributed by atoms with Crippen molar-refractivity contribution in [2.45, 2.75) is 38.3 Å². The fourth-order valence-electron chi connectivity index (χ4n) is 4.32. The molecule has 5 rings (SSSR count). The van der Waals surface area contributed by atoms with E-state index in [0.717, 1.165) is 48.0 Å². The first kappa shape index (κ1) is 22.1. The number of benzene rings is 1. The molecular formula is C24H25Cl2N5O2. The van der Waals surface area contributed by atoms with Gasteiger partial charge in [-0.05, 0) is 50.6 Å². The molecule has 4 aromatic rings. The zero-order chi connectivity index (χ0) is 22.9. The summed E-state index contributed by atoms with van der Waals surface area (Å²) in [4.78, 5) is 4.36. The first-order valence-electron chi connectivity index (χ1n) is 11.0. The Morgan fingerprint density at radius 2 is 2.00 bits per heavy atom. The number of aromatic nitrogens is 3. The van der Waals surface area contributed by atoms with E-state index in [1.54, 1.807) is 12.5 Å². The summed E-state index contributed by atoms with van der Waals surface area (Å²) in [6, 6.07) is 5.85. The highest BCUT2D eigenvalue weighted by molar-refractivity contribution is 6.36. The van der Waals surface area contributed by atoms with Crippen molar-refractivity contribution < 1.29 is 9.15 Å². The molecule has 0 bridgehead atoms. The highest BCUT2D eigenvalue weighted by Crippen LogP contribution is 2.39. The minimum absolute atomic E-state index is 0.256. The Hall–Kier alpha value is -2.74. The third-order valence-corrected chi connectivity index (χ3v) is 6.78. The third-order valence-electron chi connectivity index (χ3n) is 6.07. The number of fused-ring (bicyclic) bond motifs is 1. The molecule has 0 aliphatic carbocycles. The van der Waals surface area contributed by atoms with E-state index in [2.05, 4.69) is 21.6 Å². The standard InChI is InChI=1S/C24H25Cl2N5O2/c1-14(9-17-20(25)3-2-4-21(17)26)33-23-22-18(11-29-24(23)27)19(13-32-22)15-10-30-31(12-15)16-5-7-28-8-6-16/h2-4,10-14,16,28H,5-9H2,1H3,(H2,27,29). The summed E-state index contributed by atoms with van der Waals surface area (Å²) in [6.07, 6.45) is 9.75. The minimum Gasteiger partial charge on any atom is -0.483 e. The van der Waals surface area contributed by atoms with Gasteiger partial charge < -0.3 is 20.2 Å².